The lowest BCUT2D eigenvalue weighted by Crippen LogP contribution is -2.36. The maximum Gasteiger partial charge on any atom is 0.0307 e. The number of nitrogens with two attached hydrogens (primary N) is 1. The van der Waals surface area contributed by atoms with E-state index in [0.717, 1.165) is 18.9 Å². The predicted octanol–water partition coefficient (Wildman–Crippen LogP) is 2.81. The number of benzene rings is 1. The van der Waals surface area contributed by atoms with E-state index in [1.54, 1.807) is 0 Å². The molecule has 1 fully saturated rings. The third kappa shape index (κ3) is 3.83. The molecule has 0 saturated carbocycles. The van der Waals surface area contributed by atoms with Gasteiger partial charge in [0.25, 0.3) is 0 Å². The molecule has 0 aliphatic carbocycles. The third-order valence-corrected chi connectivity index (χ3v) is 3.73. The Bertz CT molecular complexity index is 323. The summed E-state index contributed by atoms with van der Waals surface area (Å²) < 4.78 is 0. The Balaban J connectivity index is 1.78. The fourth-order valence-electron chi connectivity index (χ4n) is 2.68. The van der Waals surface area contributed by atoms with E-state index in [2.05, 4.69) is 36.1 Å². The molecule has 1 heterocycles. The van der Waals surface area contributed by atoms with Crippen LogP contribution in [0.1, 0.15) is 37.8 Å². The molecule has 2 N–H and O–H groups in total. The highest BCUT2D eigenvalue weighted by atomic mass is 15.1. The average molecular weight is 232 g/mol. The van der Waals surface area contributed by atoms with Crippen LogP contribution < -0.4 is 5.73 Å². The Kier molecular flexibility index (Phi) is 4.57. The van der Waals surface area contributed by atoms with Crippen LogP contribution in [0.4, 0.5) is 0 Å². The van der Waals surface area contributed by atoms with Gasteiger partial charge in [0.15, 0.2) is 0 Å². The fourth-order valence-corrected chi connectivity index (χ4v) is 2.68. The fraction of sp³-hybridized carbons (Fsp3) is 0.600. The van der Waals surface area contributed by atoms with Gasteiger partial charge in [-0.15, -0.1) is 0 Å². The maximum absolute atomic E-state index is 6.22. The molecule has 0 amide bonds. The van der Waals surface area contributed by atoms with Gasteiger partial charge in [-0.05, 0) is 43.8 Å². The molecule has 0 unspecified atom stereocenters. The summed E-state index contributed by atoms with van der Waals surface area (Å²) in [6, 6.07) is 10.6. The van der Waals surface area contributed by atoms with Gasteiger partial charge in [-0.3, -0.25) is 0 Å². The van der Waals surface area contributed by atoms with E-state index in [0.29, 0.717) is 0 Å². The minimum absolute atomic E-state index is 0.188. The van der Waals surface area contributed by atoms with Crippen molar-refractivity contribution >= 4 is 0 Å². The molecule has 2 heteroatoms. The molecule has 0 radical (unpaired) electrons. The largest absolute Gasteiger partial charge is 0.324 e. The highest BCUT2D eigenvalue weighted by molar-refractivity contribution is 5.18. The molecule has 94 valence electrons. The van der Waals surface area contributed by atoms with E-state index in [9.17, 15) is 0 Å². The number of likely N-dealkylation sites (tertiary alicyclic amines) is 1. The van der Waals surface area contributed by atoms with Gasteiger partial charge in [-0.1, -0.05) is 37.3 Å². The lowest BCUT2D eigenvalue weighted by Gasteiger charge is -2.31. The second-order valence-corrected chi connectivity index (χ2v) is 5.35. The van der Waals surface area contributed by atoms with Crippen molar-refractivity contribution in [3.8, 4) is 0 Å². The van der Waals surface area contributed by atoms with Crippen molar-refractivity contribution in [1.29, 1.82) is 0 Å². The van der Waals surface area contributed by atoms with E-state index in [4.69, 9.17) is 5.73 Å². The molecule has 1 saturated heterocycles. The van der Waals surface area contributed by atoms with Crippen LogP contribution in [0.2, 0.25) is 0 Å². The molecule has 1 aromatic rings. The van der Waals surface area contributed by atoms with Gasteiger partial charge in [0.1, 0.15) is 0 Å². The van der Waals surface area contributed by atoms with Gasteiger partial charge < -0.3 is 10.6 Å². The van der Waals surface area contributed by atoms with Crippen LogP contribution >= 0.6 is 0 Å². The van der Waals surface area contributed by atoms with Crippen LogP contribution in [0.3, 0.4) is 0 Å². The molecule has 0 bridgehead atoms. The summed E-state index contributed by atoms with van der Waals surface area (Å²) in [7, 11) is 0. The Hall–Kier alpha value is -0.860. The van der Waals surface area contributed by atoms with Crippen molar-refractivity contribution in [3.05, 3.63) is 35.9 Å². The van der Waals surface area contributed by atoms with Crippen LogP contribution in [0.5, 0.6) is 0 Å². The first-order chi connectivity index (χ1) is 8.25. The Morgan fingerprint density at radius 3 is 2.82 bits per heavy atom. The quantitative estimate of drug-likeness (QED) is 0.865. The molecule has 2 nitrogen and oxygen atoms in total. The lowest BCUT2D eigenvalue weighted by atomic mass is 9.99. The molecule has 0 spiro atoms. The Morgan fingerprint density at radius 1 is 1.35 bits per heavy atom. The maximum atomic E-state index is 6.22. The number of rotatable bonds is 4. The summed E-state index contributed by atoms with van der Waals surface area (Å²) in [6.07, 6.45) is 3.81. The van der Waals surface area contributed by atoms with Gasteiger partial charge in [0.2, 0.25) is 0 Å². The van der Waals surface area contributed by atoms with Gasteiger partial charge >= 0.3 is 0 Å². The molecule has 17 heavy (non-hydrogen) atoms. The summed E-state index contributed by atoms with van der Waals surface area (Å²) in [6.45, 7) is 6.00. The zero-order chi connectivity index (χ0) is 12.1. The molecule has 2 atom stereocenters. The lowest BCUT2D eigenvalue weighted by molar-refractivity contribution is 0.178. The number of hydrogen-bond donors (Lipinski definition) is 1. The van der Waals surface area contributed by atoms with Crippen LogP contribution in [0.25, 0.3) is 0 Å². The summed E-state index contributed by atoms with van der Waals surface area (Å²) in [5, 5.41) is 0. The van der Waals surface area contributed by atoms with Crippen molar-refractivity contribution in [2.75, 3.05) is 19.6 Å². The van der Waals surface area contributed by atoms with Crippen LogP contribution in [0, 0.1) is 5.92 Å². The van der Waals surface area contributed by atoms with E-state index in [1.807, 2.05) is 6.07 Å². The van der Waals surface area contributed by atoms with Crippen LogP contribution in [-0.2, 0) is 0 Å². The first-order valence-corrected chi connectivity index (χ1v) is 6.78. The summed E-state index contributed by atoms with van der Waals surface area (Å²) in [4.78, 5) is 2.57. The summed E-state index contributed by atoms with van der Waals surface area (Å²) >= 11 is 0. The first-order valence-electron chi connectivity index (χ1n) is 6.78. The zero-order valence-corrected chi connectivity index (χ0v) is 10.8. The average Bonchev–Trinajstić information content (AvgIpc) is 2.37. The zero-order valence-electron chi connectivity index (χ0n) is 10.8. The van der Waals surface area contributed by atoms with E-state index < -0.39 is 0 Å². The summed E-state index contributed by atoms with van der Waals surface area (Å²) in [5.41, 5.74) is 7.48. The van der Waals surface area contributed by atoms with Gasteiger partial charge in [0.05, 0.1) is 0 Å². The van der Waals surface area contributed by atoms with Crippen LogP contribution in [0.15, 0.2) is 30.3 Å². The highest BCUT2D eigenvalue weighted by Crippen LogP contribution is 2.18. The molecule has 1 aromatic carbocycles. The second kappa shape index (κ2) is 6.18. The van der Waals surface area contributed by atoms with E-state index in [1.165, 1.54) is 31.5 Å². The SMILES string of the molecule is C[C@H]1CCCN(CC[C@H](N)c2ccccc2)C1. The van der Waals surface area contributed by atoms with Crippen molar-refractivity contribution < 1.29 is 0 Å². The van der Waals surface area contributed by atoms with Crippen molar-refractivity contribution in [3.63, 3.8) is 0 Å². The molecular formula is C15H24N2. The van der Waals surface area contributed by atoms with Crippen LogP contribution in [-0.4, -0.2) is 24.5 Å². The minimum atomic E-state index is 0.188. The predicted molar refractivity (Wildman–Crippen MR) is 72.8 cm³/mol. The van der Waals surface area contributed by atoms with Gasteiger partial charge in [-0.2, -0.15) is 0 Å². The molecule has 1 aliphatic heterocycles. The van der Waals surface area contributed by atoms with E-state index >= 15 is 0 Å². The molecular weight excluding hydrogens is 208 g/mol. The van der Waals surface area contributed by atoms with Gasteiger partial charge in [0, 0.05) is 12.6 Å². The summed E-state index contributed by atoms with van der Waals surface area (Å²) in [5.74, 6) is 0.858. The Morgan fingerprint density at radius 2 is 2.12 bits per heavy atom. The van der Waals surface area contributed by atoms with Gasteiger partial charge in [-0.25, -0.2) is 0 Å². The molecule has 0 aromatic heterocycles. The second-order valence-electron chi connectivity index (χ2n) is 5.35. The monoisotopic (exact) mass is 232 g/mol. The smallest absolute Gasteiger partial charge is 0.0307 e. The Labute approximate surface area is 105 Å². The van der Waals surface area contributed by atoms with Crippen molar-refractivity contribution in [1.82, 2.24) is 4.90 Å². The number of nitrogens with zero attached hydrogens (tertiary/aromatic N) is 1. The van der Waals surface area contributed by atoms with Crippen molar-refractivity contribution in [2.24, 2.45) is 11.7 Å². The standard InChI is InChI=1S/C15H24N2/c1-13-6-5-10-17(12-13)11-9-15(16)14-7-3-2-4-8-14/h2-4,7-8,13,15H,5-6,9-12,16H2,1H3/t13-,15-/m0/s1. The molecule has 2 rings (SSSR count). The molecule has 1 aliphatic rings. The first kappa shape index (κ1) is 12.6. The normalized spacial score (nSPS) is 23.5. The number of piperidine rings is 1. The number of hydrogen-bond acceptors (Lipinski definition) is 2. The van der Waals surface area contributed by atoms with E-state index in [-0.39, 0.29) is 6.04 Å². The topological polar surface area (TPSA) is 29.3 Å². The minimum Gasteiger partial charge on any atom is -0.324 e. The highest BCUT2D eigenvalue weighted by Gasteiger charge is 2.16. The van der Waals surface area contributed by atoms with Crippen molar-refractivity contribution in [2.45, 2.75) is 32.2 Å². The third-order valence-electron chi connectivity index (χ3n) is 3.73.